The molecule has 19 heavy (non-hydrogen) atoms. The van der Waals surface area contributed by atoms with Crippen molar-refractivity contribution in [2.75, 3.05) is 18.0 Å². The molecule has 1 aliphatic rings. The first-order valence-corrected chi connectivity index (χ1v) is 7.21. The highest BCUT2D eigenvalue weighted by Gasteiger charge is 2.23. The topological polar surface area (TPSA) is 23.5 Å². The fraction of sp³-hybridized carbons (Fsp3) is 0.625. The lowest BCUT2D eigenvalue weighted by molar-refractivity contribution is 0.198. The zero-order valence-corrected chi connectivity index (χ0v) is 12.1. The number of rotatable bonds is 3. The van der Waals surface area contributed by atoms with Crippen molar-refractivity contribution in [1.82, 2.24) is 0 Å². The second-order valence-corrected chi connectivity index (χ2v) is 5.95. The maximum Gasteiger partial charge on any atom is 0.123 e. The highest BCUT2D eigenvalue weighted by Crippen LogP contribution is 2.32. The zero-order valence-electron chi connectivity index (χ0n) is 12.1. The van der Waals surface area contributed by atoms with E-state index in [4.69, 9.17) is 0 Å². The molecule has 1 aliphatic heterocycles. The molecule has 1 aromatic rings. The van der Waals surface area contributed by atoms with Crippen molar-refractivity contribution in [3.8, 4) is 0 Å². The Morgan fingerprint density at radius 1 is 1.21 bits per heavy atom. The number of hydrogen-bond acceptors (Lipinski definition) is 2. The summed E-state index contributed by atoms with van der Waals surface area (Å²) in [4.78, 5) is 2.28. The molecule has 0 aliphatic carbocycles. The van der Waals surface area contributed by atoms with Gasteiger partial charge < -0.3 is 10.0 Å². The third-order valence-electron chi connectivity index (χ3n) is 4.26. The third-order valence-corrected chi connectivity index (χ3v) is 4.26. The molecule has 1 atom stereocenters. The second kappa shape index (κ2) is 5.91. The molecule has 3 heteroatoms. The second-order valence-electron chi connectivity index (χ2n) is 5.95. The van der Waals surface area contributed by atoms with Crippen LogP contribution in [0.4, 0.5) is 10.1 Å². The predicted molar refractivity (Wildman–Crippen MR) is 76.8 cm³/mol. The molecule has 0 radical (unpaired) electrons. The van der Waals surface area contributed by atoms with E-state index in [0.29, 0.717) is 5.56 Å². The molecule has 2 rings (SSSR count). The van der Waals surface area contributed by atoms with E-state index in [0.717, 1.165) is 30.6 Å². The lowest BCUT2D eigenvalue weighted by atomic mass is 9.86. The van der Waals surface area contributed by atoms with Gasteiger partial charge in [0, 0.05) is 24.3 Å². The van der Waals surface area contributed by atoms with Gasteiger partial charge in [-0.15, -0.1) is 0 Å². The third kappa shape index (κ3) is 3.27. The van der Waals surface area contributed by atoms with Crippen molar-refractivity contribution in [1.29, 1.82) is 0 Å². The summed E-state index contributed by atoms with van der Waals surface area (Å²) in [5, 5.41) is 9.81. The van der Waals surface area contributed by atoms with Crippen molar-refractivity contribution in [3.05, 3.63) is 29.6 Å². The number of benzene rings is 1. The summed E-state index contributed by atoms with van der Waals surface area (Å²) >= 11 is 0. The van der Waals surface area contributed by atoms with Crippen LogP contribution in [0.2, 0.25) is 0 Å². The van der Waals surface area contributed by atoms with Gasteiger partial charge in [-0.05, 0) is 49.8 Å². The predicted octanol–water partition coefficient (Wildman–Crippen LogP) is 3.75. The van der Waals surface area contributed by atoms with Gasteiger partial charge >= 0.3 is 0 Å². The normalized spacial score (nSPS) is 18.9. The molecule has 1 heterocycles. The maximum atomic E-state index is 13.3. The molecule has 0 saturated carbocycles. The Kier molecular flexibility index (Phi) is 4.46. The van der Waals surface area contributed by atoms with Crippen molar-refractivity contribution in [3.63, 3.8) is 0 Å². The van der Waals surface area contributed by atoms with Crippen LogP contribution < -0.4 is 4.90 Å². The Labute approximate surface area is 115 Å². The van der Waals surface area contributed by atoms with E-state index in [9.17, 15) is 9.50 Å². The van der Waals surface area contributed by atoms with Gasteiger partial charge in [-0.25, -0.2) is 4.39 Å². The van der Waals surface area contributed by atoms with Gasteiger partial charge in [-0.3, -0.25) is 0 Å². The van der Waals surface area contributed by atoms with Gasteiger partial charge in [0.25, 0.3) is 0 Å². The molecule has 1 aromatic carbocycles. The van der Waals surface area contributed by atoms with Gasteiger partial charge in [0.1, 0.15) is 5.82 Å². The zero-order chi connectivity index (χ0) is 14.0. The van der Waals surface area contributed by atoms with Crippen LogP contribution in [0.15, 0.2) is 18.2 Å². The Hall–Kier alpha value is -1.09. The van der Waals surface area contributed by atoms with E-state index in [-0.39, 0.29) is 5.82 Å². The van der Waals surface area contributed by atoms with Crippen LogP contribution in [0, 0.1) is 17.7 Å². The summed E-state index contributed by atoms with van der Waals surface area (Å²) in [5.74, 6) is 1.23. The minimum absolute atomic E-state index is 0.281. The molecule has 0 unspecified atom stereocenters. The molecule has 0 amide bonds. The first-order chi connectivity index (χ1) is 8.99. The lowest BCUT2D eigenvalue weighted by Gasteiger charge is -2.36. The summed E-state index contributed by atoms with van der Waals surface area (Å²) in [7, 11) is 0. The van der Waals surface area contributed by atoms with Crippen molar-refractivity contribution < 1.29 is 9.50 Å². The van der Waals surface area contributed by atoms with Crippen LogP contribution in [0.5, 0.6) is 0 Å². The minimum atomic E-state index is -0.631. The average molecular weight is 265 g/mol. The summed E-state index contributed by atoms with van der Waals surface area (Å²) < 4.78 is 13.3. The van der Waals surface area contributed by atoms with Crippen molar-refractivity contribution in [2.45, 2.75) is 39.7 Å². The molecule has 1 saturated heterocycles. The van der Waals surface area contributed by atoms with Gasteiger partial charge in [0.05, 0.1) is 6.10 Å². The lowest BCUT2D eigenvalue weighted by Crippen LogP contribution is -2.35. The van der Waals surface area contributed by atoms with Crippen molar-refractivity contribution in [2.24, 2.45) is 11.8 Å². The molecular formula is C16H24FNO. The number of nitrogens with zero attached hydrogens (tertiary/aromatic N) is 1. The van der Waals surface area contributed by atoms with Crippen LogP contribution in [0.25, 0.3) is 0 Å². The summed E-state index contributed by atoms with van der Waals surface area (Å²) in [6.07, 6.45) is 1.72. The average Bonchev–Trinajstić information content (AvgIpc) is 2.38. The summed E-state index contributed by atoms with van der Waals surface area (Å²) in [6, 6.07) is 4.73. The highest BCUT2D eigenvalue weighted by atomic mass is 19.1. The van der Waals surface area contributed by atoms with E-state index in [1.54, 1.807) is 13.0 Å². The Balaban J connectivity index is 2.15. The van der Waals surface area contributed by atoms with Gasteiger partial charge in [0.15, 0.2) is 0 Å². The van der Waals surface area contributed by atoms with Crippen LogP contribution in [0.3, 0.4) is 0 Å². The molecular weight excluding hydrogens is 241 g/mol. The molecule has 1 N–H and O–H groups in total. The largest absolute Gasteiger partial charge is 0.389 e. The van der Waals surface area contributed by atoms with Gasteiger partial charge in [-0.1, -0.05) is 13.8 Å². The van der Waals surface area contributed by atoms with Crippen LogP contribution in [-0.4, -0.2) is 18.2 Å². The SMILES string of the molecule is CC(C)C1CCN(c2ccc(F)cc2[C@@H](C)O)CC1. The van der Waals surface area contributed by atoms with Crippen LogP contribution >= 0.6 is 0 Å². The Bertz CT molecular complexity index is 423. The smallest absolute Gasteiger partial charge is 0.123 e. The number of halogens is 1. The van der Waals surface area contributed by atoms with Crippen LogP contribution in [0.1, 0.15) is 45.3 Å². The number of piperidine rings is 1. The van der Waals surface area contributed by atoms with E-state index in [1.807, 2.05) is 0 Å². The van der Waals surface area contributed by atoms with Gasteiger partial charge in [0.2, 0.25) is 0 Å². The van der Waals surface area contributed by atoms with E-state index >= 15 is 0 Å². The monoisotopic (exact) mass is 265 g/mol. The summed E-state index contributed by atoms with van der Waals surface area (Å²) in [5.41, 5.74) is 1.68. The van der Waals surface area contributed by atoms with E-state index < -0.39 is 6.10 Å². The molecule has 0 spiro atoms. The highest BCUT2D eigenvalue weighted by molar-refractivity contribution is 5.55. The fourth-order valence-electron chi connectivity index (χ4n) is 2.96. The minimum Gasteiger partial charge on any atom is -0.389 e. The quantitative estimate of drug-likeness (QED) is 0.899. The molecule has 106 valence electrons. The number of aliphatic hydroxyl groups is 1. The Morgan fingerprint density at radius 2 is 1.84 bits per heavy atom. The summed E-state index contributed by atoms with van der Waals surface area (Å²) in [6.45, 7) is 8.24. The molecule has 1 fully saturated rings. The van der Waals surface area contributed by atoms with Crippen LogP contribution in [-0.2, 0) is 0 Å². The Morgan fingerprint density at radius 3 is 2.37 bits per heavy atom. The first kappa shape index (κ1) is 14.3. The van der Waals surface area contributed by atoms with Gasteiger partial charge in [-0.2, -0.15) is 0 Å². The fourth-order valence-corrected chi connectivity index (χ4v) is 2.96. The first-order valence-electron chi connectivity index (χ1n) is 7.21. The molecule has 0 bridgehead atoms. The standard InChI is InChI=1S/C16H24FNO/c1-11(2)13-6-8-18(9-7-13)16-5-4-14(17)10-15(16)12(3)19/h4-5,10-13,19H,6-9H2,1-3H3/t12-/m1/s1. The van der Waals surface area contributed by atoms with E-state index in [2.05, 4.69) is 18.7 Å². The maximum absolute atomic E-state index is 13.3. The van der Waals surface area contributed by atoms with E-state index in [1.165, 1.54) is 25.0 Å². The molecule has 2 nitrogen and oxygen atoms in total. The number of anilines is 1. The molecule has 0 aromatic heterocycles. The number of hydrogen-bond donors (Lipinski definition) is 1. The van der Waals surface area contributed by atoms with Crippen molar-refractivity contribution >= 4 is 5.69 Å². The number of aliphatic hydroxyl groups excluding tert-OH is 1.